The molecule has 0 saturated carbocycles. The molecule has 0 bridgehead atoms. The molecule has 114 valence electrons. The first kappa shape index (κ1) is 16.2. The number of aliphatic hydroxyl groups is 1. The summed E-state index contributed by atoms with van der Waals surface area (Å²) in [4.78, 5) is 2.46. The van der Waals surface area contributed by atoms with Crippen molar-refractivity contribution in [2.24, 2.45) is 0 Å². The van der Waals surface area contributed by atoms with Crippen LogP contribution < -0.4 is 4.72 Å². The number of sulfonamides is 1. The van der Waals surface area contributed by atoms with E-state index in [1.807, 2.05) is 19.9 Å². The Morgan fingerprint density at radius 1 is 1.19 bits per heavy atom. The molecule has 0 unspecified atom stereocenters. The summed E-state index contributed by atoms with van der Waals surface area (Å²) < 4.78 is 27.0. The molecule has 4 nitrogen and oxygen atoms in total. The number of nitrogens with one attached hydrogen (secondary N) is 1. The lowest BCUT2D eigenvalue weighted by Gasteiger charge is -2.06. The average molecular weight is 325 g/mol. The fourth-order valence-electron chi connectivity index (χ4n) is 1.95. The van der Waals surface area contributed by atoms with Gasteiger partial charge in [-0.3, -0.25) is 0 Å². The van der Waals surface area contributed by atoms with Gasteiger partial charge in [-0.05, 0) is 49.6 Å². The lowest BCUT2D eigenvalue weighted by molar-refractivity contribution is 0.299. The van der Waals surface area contributed by atoms with E-state index in [1.54, 1.807) is 35.6 Å². The average Bonchev–Trinajstić information content (AvgIpc) is 2.77. The maximum atomic E-state index is 12.2. The molecule has 2 aromatic rings. The van der Waals surface area contributed by atoms with Crippen molar-refractivity contribution in [3.63, 3.8) is 0 Å². The molecule has 0 atom stereocenters. The fourth-order valence-corrected chi connectivity index (χ4v) is 4.04. The van der Waals surface area contributed by atoms with Gasteiger partial charge in [0.1, 0.15) is 0 Å². The lowest BCUT2D eigenvalue weighted by Crippen LogP contribution is -2.22. The summed E-state index contributed by atoms with van der Waals surface area (Å²) >= 11 is 1.60. The minimum Gasteiger partial charge on any atom is -0.396 e. The second kappa shape index (κ2) is 6.70. The van der Waals surface area contributed by atoms with Crippen LogP contribution in [0.4, 0.5) is 0 Å². The van der Waals surface area contributed by atoms with E-state index in [0.717, 1.165) is 10.4 Å². The molecule has 1 aromatic carbocycles. The van der Waals surface area contributed by atoms with Crippen LogP contribution in [0.25, 0.3) is 0 Å². The first-order valence-electron chi connectivity index (χ1n) is 6.68. The van der Waals surface area contributed by atoms with E-state index >= 15 is 0 Å². The van der Waals surface area contributed by atoms with Gasteiger partial charge in [-0.25, -0.2) is 13.1 Å². The molecule has 0 radical (unpaired) electrons. The topological polar surface area (TPSA) is 66.4 Å². The summed E-state index contributed by atoms with van der Waals surface area (Å²) in [5, 5.41) is 8.85. The molecule has 0 aliphatic carbocycles. The van der Waals surface area contributed by atoms with E-state index < -0.39 is 10.0 Å². The third-order valence-electron chi connectivity index (χ3n) is 3.29. The molecule has 2 N–H and O–H groups in total. The van der Waals surface area contributed by atoms with E-state index in [0.29, 0.717) is 13.0 Å². The normalized spacial score (nSPS) is 11.8. The van der Waals surface area contributed by atoms with Gasteiger partial charge in [-0.2, -0.15) is 0 Å². The van der Waals surface area contributed by atoms with Gasteiger partial charge in [-0.15, -0.1) is 11.3 Å². The third kappa shape index (κ3) is 4.14. The largest absolute Gasteiger partial charge is 0.396 e. The van der Waals surface area contributed by atoms with Crippen molar-refractivity contribution in [1.29, 1.82) is 0 Å². The first-order valence-corrected chi connectivity index (χ1v) is 8.98. The van der Waals surface area contributed by atoms with Gasteiger partial charge in [0, 0.05) is 22.9 Å². The summed E-state index contributed by atoms with van der Waals surface area (Å²) in [5.41, 5.74) is 2.10. The number of aryl methyl sites for hydroxylation is 2. The van der Waals surface area contributed by atoms with Gasteiger partial charge < -0.3 is 5.11 Å². The van der Waals surface area contributed by atoms with Crippen molar-refractivity contribution in [2.75, 3.05) is 6.61 Å². The Bertz CT molecular complexity index is 684. The summed E-state index contributed by atoms with van der Waals surface area (Å²) in [6, 6.07) is 8.60. The molecular formula is C15H19NO3S2. The maximum absolute atomic E-state index is 12.2. The van der Waals surface area contributed by atoms with Crippen molar-refractivity contribution in [3.05, 3.63) is 51.2 Å². The first-order chi connectivity index (χ1) is 9.92. The Morgan fingerprint density at radius 3 is 2.38 bits per heavy atom. The summed E-state index contributed by atoms with van der Waals surface area (Å²) in [5.74, 6) is 0. The Balaban J connectivity index is 2.07. The molecule has 0 spiro atoms. The zero-order valence-electron chi connectivity index (χ0n) is 12.1. The maximum Gasteiger partial charge on any atom is 0.240 e. The number of hydrogen-bond donors (Lipinski definition) is 2. The third-order valence-corrected chi connectivity index (χ3v) is 5.86. The Hall–Kier alpha value is -1.21. The minimum atomic E-state index is -3.50. The van der Waals surface area contributed by atoms with Crippen LogP contribution in [-0.4, -0.2) is 20.1 Å². The van der Waals surface area contributed by atoms with Gasteiger partial charge in [0.25, 0.3) is 0 Å². The molecule has 0 fully saturated rings. The van der Waals surface area contributed by atoms with Crippen LogP contribution in [0.1, 0.15) is 20.9 Å². The molecule has 1 aromatic heterocycles. The fraction of sp³-hybridized carbons (Fsp3) is 0.333. The highest BCUT2D eigenvalue weighted by Crippen LogP contribution is 2.21. The second-order valence-electron chi connectivity index (χ2n) is 4.89. The van der Waals surface area contributed by atoms with Gasteiger partial charge in [0.15, 0.2) is 0 Å². The van der Waals surface area contributed by atoms with Gasteiger partial charge in [-0.1, -0.05) is 12.1 Å². The quantitative estimate of drug-likeness (QED) is 0.857. The van der Waals surface area contributed by atoms with Crippen molar-refractivity contribution in [1.82, 2.24) is 4.72 Å². The number of aliphatic hydroxyl groups excluding tert-OH is 1. The van der Waals surface area contributed by atoms with Crippen LogP contribution in [0.5, 0.6) is 0 Å². The second-order valence-corrected chi connectivity index (χ2v) is 8.00. The van der Waals surface area contributed by atoms with Crippen LogP contribution >= 0.6 is 11.3 Å². The standard InChI is InChI=1S/C15H19NO3S2/c1-11-9-14(20-12(11)2)10-16-21(18,19)15-5-3-13(4-6-15)7-8-17/h3-6,9,16-17H,7-8,10H2,1-2H3. The molecular weight excluding hydrogens is 306 g/mol. The lowest BCUT2D eigenvalue weighted by atomic mass is 10.2. The number of rotatable bonds is 6. The highest BCUT2D eigenvalue weighted by atomic mass is 32.2. The van der Waals surface area contributed by atoms with Crippen molar-refractivity contribution < 1.29 is 13.5 Å². The monoisotopic (exact) mass is 325 g/mol. The number of thiophene rings is 1. The predicted octanol–water partition coefficient (Wildman–Crippen LogP) is 2.38. The van der Waals surface area contributed by atoms with Crippen LogP contribution in [0.2, 0.25) is 0 Å². The van der Waals surface area contributed by atoms with Crippen molar-refractivity contribution in [3.8, 4) is 0 Å². The van der Waals surface area contributed by atoms with Crippen molar-refractivity contribution in [2.45, 2.75) is 31.7 Å². The molecule has 6 heteroatoms. The van der Waals surface area contributed by atoms with E-state index in [1.165, 1.54) is 10.4 Å². The van der Waals surface area contributed by atoms with Crippen molar-refractivity contribution >= 4 is 21.4 Å². The highest BCUT2D eigenvalue weighted by Gasteiger charge is 2.14. The SMILES string of the molecule is Cc1cc(CNS(=O)(=O)c2ccc(CCO)cc2)sc1C. The number of benzene rings is 1. The molecule has 0 amide bonds. The van der Waals surface area contributed by atoms with Crippen LogP contribution in [0.3, 0.4) is 0 Å². The Morgan fingerprint density at radius 2 is 1.86 bits per heavy atom. The van der Waals surface area contributed by atoms with E-state index in [-0.39, 0.29) is 11.5 Å². The predicted molar refractivity (Wildman–Crippen MR) is 85.1 cm³/mol. The zero-order chi connectivity index (χ0) is 15.5. The Kier molecular flexibility index (Phi) is 5.16. The highest BCUT2D eigenvalue weighted by molar-refractivity contribution is 7.89. The van der Waals surface area contributed by atoms with Gasteiger partial charge in [0.2, 0.25) is 10.0 Å². The van der Waals surface area contributed by atoms with Crippen LogP contribution in [0, 0.1) is 13.8 Å². The minimum absolute atomic E-state index is 0.0570. The smallest absolute Gasteiger partial charge is 0.240 e. The molecule has 0 aliphatic heterocycles. The summed E-state index contributed by atoms with van der Waals surface area (Å²) in [6.45, 7) is 4.41. The van der Waals surface area contributed by atoms with E-state index in [2.05, 4.69) is 4.72 Å². The van der Waals surface area contributed by atoms with Gasteiger partial charge in [0.05, 0.1) is 4.90 Å². The number of hydrogen-bond acceptors (Lipinski definition) is 4. The van der Waals surface area contributed by atoms with E-state index in [4.69, 9.17) is 5.11 Å². The van der Waals surface area contributed by atoms with Crippen LogP contribution in [0.15, 0.2) is 35.2 Å². The molecule has 0 aliphatic rings. The summed E-state index contributed by atoms with van der Waals surface area (Å²) in [7, 11) is -3.50. The molecule has 1 heterocycles. The Labute approximate surface area is 129 Å². The van der Waals surface area contributed by atoms with Gasteiger partial charge >= 0.3 is 0 Å². The molecule has 21 heavy (non-hydrogen) atoms. The molecule has 0 saturated heterocycles. The summed E-state index contributed by atoms with van der Waals surface area (Å²) in [6.07, 6.45) is 0.529. The molecule has 2 rings (SSSR count). The van der Waals surface area contributed by atoms with E-state index in [9.17, 15) is 8.42 Å². The van der Waals surface area contributed by atoms with Crippen LogP contribution in [-0.2, 0) is 23.0 Å². The zero-order valence-corrected chi connectivity index (χ0v) is 13.7.